The Balaban J connectivity index is 2.37. The molecule has 4 heteroatoms. The summed E-state index contributed by atoms with van der Waals surface area (Å²) in [5.41, 5.74) is 0.755. The highest BCUT2D eigenvalue weighted by Gasteiger charge is 2.25. The van der Waals surface area contributed by atoms with Gasteiger partial charge in [-0.05, 0) is 24.6 Å². The van der Waals surface area contributed by atoms with Crippen molar-refractivity contribution >= 4 is 27.5 Å². The van der Waals surface area contributed by atoms with Gasteiger partial charge in [0.15, 0.2) is 0 Å². The Bertz CT molecular complexity index is 546. The van der Waals surface area contributed by atoms with Crippen molar-refractivity contribution in [2.24, 2.45) is 4.99 Å². The fourth-order valence-electron chi connectivity index (χ4n) is 2.17. The van der Waals surface area contributed by atoms with Crippen LogP contribution in [-0.2, 0) is 0 Å². The minimum Gasteiger partial charge on any atom is -0.495 e. The van der Waals surface area contributed by atoms with Crippen LogP contribution in [0.15, 0.2) is 27.7 Å². The smallest absolute Gasteiger partial charge is 0.143 e. The molecular formula is C14H19BrN2O. The lowest BCUT2D eigenvalue weighted by molar-refractivity contribution is 0.415. The largest absolute Gasteiger partial charge is 0.495 e. The number of amidine groups is 1. The maximum atomic E-state index is 7.33. The Morgan fingerprint density at radius 1 is 1.56 bits per heavy atom. The average Bonchev–Trinajstić information content (AvgIpc) is 2.80. The van der Waals surface area contributed by atoms with Gasteiger partial charge in [0.25, 0.3) is 0 Å². The highest BCUT2D eigenvalue weighted by atomic mass is 79.9. The van der Waals surface area contributed by atoms with Crippen molar-refractivity contribution in [1.82, 2.24) is 0 Å². The summed E-state index contributed by atoms with van der Waals surface area (Å²) in [5.74, 6) is 1.32. The highest BCUT2D eigenvalue weighted by molar-refractivity contribution is 9.10. The molecule has 1 atom stereocenters. The summed E-state index contributed by atoms with van der Waals surface area (Å²) in [5, 5.41) is 0. The topological polar surface area (TPSA) is 24.8 Å². The van der Waals surface area contributed by atoms with Gasteiger partial charge in [-0.15, -0.1) is 0 Å². The summed E-state index contributed by atoms with van der Waals surface area (Å²) in [6.45, 7) is 4.91. The van der Waals surface area contributed by atoms with Crippen molar-refractivity contribution in [3.63, 3.8) is 0 Å². The van der Waals surface area contributed by atoms with Crippen LogP contribution in [-0.4, -0.2) is 25.5 Å². The molecule has 0 saturated heterocycles. The number of hydrogen-bond donors (Lipinski definition) is 0. The molecule has 1 aromatic carbocycles. The maximum Gasteiger partial charge on any atom is 0.143 e. The van der Waals surface area contributed by atoms with E-state index in [1.54, 1.807) is 6.07 Å². The predicted octanol–water partition coefficient (Wildman–Crippen LogP) is 3.86. The maximum absolute atomic E-state index is 7.33. The molecule has 1 unspecified atom stereocenters. The van der Waals surface area contributed by atoms with Crippen molar-refractivity contribution in [1.29, 1.82) is 0 Å². The van der Waals surface area contributed by atoms with Gasteiger partial charge in [0.2, 0.25) is 0 Å². The van der Waals surface area contributed by atoms with Crippen molar-refractivity contribution in [3.8, 4) is 5.75 Å². The number of methoxy groups -OCH3 is 1. The molecule has 0 aromatic heterocycles. The Kier molecular flexibility index (Phi) is 3.14. The van der Waals surface area contributed by atoms with Crippen molar-refractivity contribution in [2.75, 3.05) is 18.5 Å². The molecule has 18 heavy (non-hydrogen) atoms. The molecule has 3 nitrogen and oxygen atoms in total. The zero-order valence-corrected chi connectivity index (χ0v) is 12.2. The first kappa shape index (κ1) is 9.84. The van der Waals surface area contributed by atoms with Crippen LogP contribution in [0.25, 0.3) is 0 Å². The zero-order chi connectivity index (χ0) is 15.6. The summed E-state index contributed by atoms with van der Waals surface area (Å²) < 4.78 is 27.9. The Hall–Kier alpha value is -1.03. The first-order valence-corrected chi connectivity index (χ1v) is 6.96. The van der Waals surface area contributed by atoms with Crippen molar-refractivity contribution < 1.29 is 8.85 Å². The Morgan fingerprint density at radius 3 is 3.06 bits per heavy atom. The number of hydrogen-bond acceptors (Lipinski definition) is 3. The SMILES string of the molecule is [2H]C([2H])([2H])Oc1cc(Br)ccc1N1CC(CC)N=C1CC. The van der Waals surface area contributed by atoms with Crippen molar-refractivity contribution in [2.45, 2.75) is 32.7 Å². The lowest BCUT2D eigenvalue weighted by atomic mass is 10.2. The minimum absolute atomic E-state index is 0.254. The predicted molar refractivity (Wildman–Crippen MR) is 79.8 cm³/mol. The molecule has 0 amide bonds. The number of benzene rings is 1. The second-order valence-electron chi connectivity index (χ2n) is 4.29. The third kappa shape index (κ3) is 2.53. The number of nitrogens with zero attached hydrogens (tertiary/aromatic N) is 2. The van der Waals surface area contributed by atoms with Crippen LogP contribution in [0.4, 0.5) is 5.69 Å². The van der Waals surface area contributed by atoms with E-state index in [9.17, 15) is 0 Å². The van der Waals surface area contributed by atoms with Gasteiger partial charge in [-0.25, -0.2) is 0 Å². The molecule has 2 rings (SSSR count). The van der Waals surface area contributed by atoms with E-state index in [1.807, 2.05) is 19.1 Å². The van der Waals surface area contributed by atoms with Crippen LogP contribution in [0.5, 0.6) is 5.75 Å². The van der Waals surface area contributed by atoms with E-state index < -0.39 is 7.04 Å². The van der Waals surface area contributed by atoms with Crippen LogP contribution in [0.1, 0.15) is 30.8 Å². The molecule has 0 N–H and O–H groups in total. The summed E-state index contributed by atoms with van der Waals surface area (Å²) in [4.78, 5) is 6.73. The zero-order valence-electron chi connectivity index (χ0n) is 13.6. The van der Waals surface area contributed by atoms with E-state index in [2.05, 4.69) is 32.7 Å². The van der Waals surface area contributed by atoms with Gasteiger partial charge in [-0.3, -0.25) is 4.99 Å². The third-order valence-electron chi connectivity index (χ3n) is 3.15. The van der Waals surface area contributed by atoms with E-state index in [-0.39, 0.29) is 6.04 Å². The van der Waals surface area contributed by atoms with Gasteiger partial charge in [-0.2, -0.15) is 0 Å². The molecule has 0 saturated carbocycles. The standard InChI is InChI=1S/C14H19BrN2O/c1-4-11-9-17(14(5-2)16-11)12-7-6-10(15)8-13(12)18-3/h6-8,11H,4-5,9H2,1-3H3/i3D3. The number of aliphatic imine (C=N–C) groups is 1. The lowest BCUT2D eigenvalue weighted by Crippen LogP contribution is -2.28. The molecule has 1 aliphatic heterocycles. The minimum atomic E-state index is -2.47. The van der Waals surface area contributed by atoms with Gasteiger partial charge in [0.05, 0.1) is 22.9 Å². The molecule has 1 aromatic rings. The summed E-state index contributed by atoms with van der Waals surface area (Å²) in [6, 6.07) is 5.70. The fourth-order valence-corrected chi connectivity index (χ4v) is 2.51. The molecular weight excluding hydrogens is 292 g/mol. The summed E-state index contributed by atoms with van der Waals surface area (Å²) >= 11 is 3.36. The molecule has 0 fully saturated rings. The first-order chi connectivity index (χ1) is 9.84. The second kappa shape index (κ2) is 5.74. The summed E-state index contributed by atoms with van der Waals surface area (Å²) in [6.07, 6.45) is 1.77. The molecule has 0 spiro atoms. The Morgan fingerprint density at radius 2 is 2.39 bits per heavy atom. The third-order valence-corrected chi connectivity index (χ3v) is 3.64. The van der Waals surface area contributed by atoms with Gasteiger partial charge in [0.1, 0.15) is 11.6 Å². The number of rotatable bonds is 4. The second-order valence-corrected chi connectivity index (χ2v) is 5.20. The average molecular weight is 314 g/mol. The number of anilines is 1. The Labute approximate surface area is 121 Å². The van der Waals surface area contributed by atoms with Gasteiger partial charge < -0.3 is 9.64 Å². The molecule has 98 valence electrons. The van der Waals surface area contributed by atoms with E-state index in [0.717, 1.165) is 35.4 Å². The quantitative estimate of drug-likeness (QED) is 0.843. The normalized spacial score (nSPS) is 22.2. The van der Waals surface area contributed by atoms with Crippen LogP contribution in [0.2, 0.25) is 0 Å². The van der Waals surface area contributed by atoms with E-state index >= 15 is 0 Å². The fraction of sp³-hybridized carbons (Fsp3) is 0.500. The number of halogens is 1. The molecule has 0 aliphatic carbocycles. The molecule has 0 bridgehead atoms. The molecule has 0 radical (unpaired) electrons. The van der Waals surface area contributed by atoms with Crippen LogP contribution in [0.3, 0.4) is 0 Å². The van der Waals surface area contributed by atoms with Crippen LogP contribution in [0, 0.1) is 0 Å². The van der Waals surface area contributed by atoms with E-state index in [4.69, 9.17) is 8.85 Å². The van der Waals surface area contributed by atoms with Gasteiger partial charge >= 0.3 is 0 Å². The van der Waals surface area contributed by atoms with Gasteiger partial charge in [0, 0.05) is 17.4 Å². The van der Waals surface area contributed by atoms with Crippen molar-refractivity contribution in [3.05, 3.63) is 22.7 Å². The molecule has 1 aliphatic rings. The highest BCUT2D eigenvalue weighted by Crippen LogP contribution is 2.34. The monoisotopic (exact) mass is 313 g/mol. The first-order valence-electron chi connectivity index (χ1n) is 7.66. The summed E-state index contributed by atoms with van der Waals surface area (Å²) in [7, 11) is -2.47. The van der Waals surface area contributed by atoms with Crippen LogP contribution >= 0.6 is 15.9 Å². The van der Waals surface area contributed by atoms with Gasteiger partial charge in [-0.1, -0.05) is 29.8 Å². The number of ether oxygens (including phenoxy) is 1. The van der Waals surface area contributed by atoms with E-state index in [0.29, 0.717) is 5.75 Å². The molecule has 1 heterocycles. The van der Waals surface area contributed by atoms with E-state index in [1.165, 1.54) is 0 Å². The lowest BCUT2D eigenvalue weighted by Gasteiger charge is -2.23. The van der Waals surface area contributed by atoms with Crippen LogP contribution < -0.4 is 9.64 Å².